The summed E-state index contributed by atoms with van der Waals surface area (Å²) >= 11 is 12.3. The summed E-state index contributed by atoms with van der Waals surface area (Å²) in [5.41, 5.74) is 0.221. The predicted octanol–water partition coefficient (Wildman–Crippen LogP) is 4.34. The zero-order chi connectivity index (χ0) is 14.9. The standard InChI is InChI=1S/C14H13ClFNOS2/c1-8(2)7-17-13(18)12(20-14(17)19)6-9-10(15)4-3-5-11(9)16/h3-6,8H,7H2,1-2H3/b12-6-. The molecule has 1 saturated heterocycles. The van der Waals surface area contributed by atoms with Crippen LogP contribution >= 0.6 is 35.6 Å². The van der Waals surface area contributed by atoms with Crippen molar-refractivity contribution in [2.75, 3.05) is 6.54 Å². The normalized spacial score (nSPS) is 17.6. The van der Waals surface area contributed by atoms with Gasteiger partial charge >= 0.3 is 0 Å². The van der Waals surface area contributed by atoms with E-state index >= 15 is 0 Å². The van der Waals surface area contributed by atoms with Gasteiger partial charge in [0.25, 0.3) is 5.91 Å². The van der Waals surface area contributed by atoms with Gasteiger partial charge in [0.15, 0.2) is 0 Å². The number of rotatable bonds is 3. The van der Waals surface area contributed by atoms with Gasteiger partial charge in [0.1, 0.15) is 10.1 Å². The van der Waals surface area contributed by atoms with Gasteiger partial charge in [-0.3, -0.25) is 9.69 Å². The highest BCUT2D eigenvalue weighted by Gasteiger charge is 2.32. The lowest BCUT2D eigenvalue weighted by Gasteiger charge is -2.16. The topological polar surface area (TPSA) is 20.3 Å². The summed E-state index contributed by atoms with van der Waals surface area (Å²) < 4.78 is 14.2. The van der Waals surface area contributed by atoms with Crippen LogP contribution in [0.25, 0.3) is 6.08 Å². The molecule has 0 saturated carbocycles. The molecular formula is C14H13ClFNOS2. The lowest BCUT2D eigenvalue weighted by atomic mass is 10.2. The van der Waals surface area contributed by atoms with Crippen molar-refractivity contribution >= 4 is 51.9 Å². The summed E-state index contributed by atoms with van der Waals surface area (Å²) in [7, 11) is 0. The Hall–Kier alpha value is -0.910. The summed E-state index contributed by atoms with van der Waals surface area (Å²) in [5, 5.41) is 0.277. The molecule has 0 aliphatic carbocycles. The molecule has 0 aromatic heterocycles. The second kappa shape index (κ2) is 6.24. The number of halogens is 2. The van der Waals surface area contributed by atoms with E-state index in [4.69, 9.17) is 23.8 Å². The van der Waals surface area contributed by atoms with Crippen molar-refractivity contribution in [3.63, 3.8) is 0 Å². The third kappa shape index (κ3) is 3.22. The van der Waals surface area contributed by atoms with Crippen LogP contribution in [0.2, 0.25) is 5.02 Å². The zero-order valence-electron chi connectivity index (χ0n) is 11.0. The number of amides is 1. The number of hydrogen-bond acceptors (Lipinski definition) is 3. The highest BCUT2D eigenvalue weighted by Crippen LogP contribution is 2.34. The van der Waals surface area contributed by atoms with Crippen LogP contribution < -0.4 is 0 Å². The molecule has 1 heterocycles. The number of carbonyl (C=O) groups excluding carboxylic acids is 1. The van der Waals surface area contributed by atoms with Crippen molar-refractivity contribution in [1.82, 2.24) is 4.90 Å². The van der Waals surface area contributed by atoms with Crippen molar-refractivity contribution in [2.45, 2.75) is 13.8 Å². The highest BCUT2D eigenvalue weighted by atomic mass is 35.5. The van der Waals surface area contributed by atoms with Gasteiger partial charge in [-0.1, -0.05) is 55.5 Å². The number of carbonyl (C=O) groups is 1. The first-order chi connectivity index (χ1) is 9.40. The first-order valence-electron chi connectivity index (χ1n) is 6.09. The van der Waals surface area contributed by atoms with Crippen LogP contribution in [0.1, 0.15) is 19.4 Å². The number of thioether (sulfide) groups is 1. The summed E-state index contributed by atoms with van der Waals surface area (Å²) in [4.78, 5) is 14.2. The molecule has 106 valence electrons. The SMILES string of the molecule is CC(C)CN1C(=O)/C(=C/c2c(F)cccc2Cl)SC1=S. The minimum Gasteiger partial charge on any atom is -0.293 e. The third-order valence-electron chi connectivity index (χ3n) is 2.70. The van der Waals surface area contributed by atoms with Crippen molar-refractivity contribution in [1.29, 1.82) is 0 Å². The summed E-state index contributed by atoms with van der Waals surface area (Å²) in [6.07, 6.45) is 1.47. The Morgan fingerprint density at radius 2 is 2.20 bits per heavy atom. The van der Waals surface area contributed by atoms with E-state index in [9.17, 15) is 9.18 Å². The van der Waals surface area contributed by atoms with Crippen LogP contribution in [-0.4, -0.2) is 21.7 Å². The molecule has 1 aromatic carbocycles. The molecule has 0 bridgehead atoms. The molecule has 0 N–H and O–H groups in total. The molecule has 2 rings (SSSR count). The van der Waals surface area contributed by atoms with E-state index in [1.54, 1.807) is 11.0 Å². The molecule has 1 aliphatic heterocycles. The lowest BCUT2D eigenvalue weighted by molar-refractivity contribution is -0.122. The van der Waals surface area contributed by atoms with E-state index in [-0.39, 0.29) is 16.5 Å². The van der Waals surface area contributed by atoms with Crippen LogP contribution in [0.4, 0.5) is 4.39 Å². The van der Waals surface area contributed by atoms with Gasteiger partial charge in [-0.2, -0.15) is 0 Å². The maximum atomic E-state index is 13.7. The summed E-state index contributed by atoms with van der Waals surface area (Å²) in [6.45, 7) is 4.58. The maximum Gasteiger partial charge on any atom is 0.266 e. The molecule has 0 spiro atoms. The van der Waals surface area contributed by atoms with E-state index in [0.717, 1.165) is 0 Å². The summed E-state index contributed by atoms with van der Waals surface area (Å²) in [6, 6.07) is 4.43. The van der Waals surface area contributed by atoms with Crippen molar-refractivity contribution < 1.29 is 9.18 Å². The molecule has 1 aliphatic rings. The van der Waals surface area contributed by atoms with Gasteiger partial charge in [0.05, 0.1) is 9.93 Å². The smallest absolute Gasteiger partial charge is 0.266 e. The van der Waals surface area contributed by atoms with E-state index in [0.29, 0.717) is 21.7 Å². The van der Waals surface area contributed by atoms with E-state index in [1.165, 1.54) is 30.0 Å². The first-order valence-corrected chi connectivity index (χ1v) is 7.69. The largest absolute Gasteiger partial charge is 0.293 e. The Morgan fingerprint density at radius 1 is 1.50 bits per heavy atom. The van der Waals surface area contributed by atoms with Crippen molar-refractivity contribution in [3.8, 4) is 0 Å². The molecule has 0 atom stereocenters. The maximum absolute atomic E-state index is 13.7. The van der Waals surface area contributed by atoms with Gasteiger partial charge < -0.3 is 0 Å². The molecule has 0 unspecified atom stereocenters. The number of hydrogen-bond donors (Lipinski definition) is 0. The quantitative estimate of drug-likeness (QED) is 0.608. The monoisotopic (exact) mass is 329 g/mol. The van der Waals surface area contributed by atoms with E-state index in [2.05, 4.69) is 0 Å². The number of thiocarbonyl (C=S) groups is 1. The van der Waals surface area contributed by atoms with E-state index in [1.807, 2.05) is 13.8 Å². The second-order valence-electron chi connectivity index (χ2n) is 4.82. The molecule has 6 heteroatoms. The lowest BCUT2D eigenvalue weighted by Crippen LogP contribution is -2.31. The average Bonchev–Trinajstić information content (AvgIpc) is 2.61. The fraction of sp³-hybridized carbons (Fsp3) is 0.286. The Morgan fingerprint density at radius 3 is 2.80 bits per heavy atom. The highest BCUT2D eigenvalue weighted by molar-refractivity contribution is 8.26. The van der Waals surface area contributed by atoms with Gasteiger partial charge in [0.2, 0.25) is 0 Å². The molecular weight excluding hydrogens is 317 g/mol. The Balaban J connectivity index is 2.33. The van der Waals surface area contributed by atoms with Gasteiger partial charge in [0, 0.05) is 12.1 Å². The Kier molecular flexibility index (Phi) is 4.83. The van der Waals surface area contributed by atoms with Crippen LogP contribution in [-0.2, 0) is 4.79 Å². The molecule has 1 fully saturated rings. The van der Waals surface area contributed by atoms with Crippen LogP contribution in [0.15, 0.2) is 23.1 Å². The fourth-order valence-corrected chi connectivity index (χ4v) is 3.28. The van der Waals surface area contributed by atoms with Crippen LogP contribution in [0.3, 0.4) is 0 Å². The van der Waals surface area contributed by atoms with Crippen molar-refractivity contribution in [2.24, 2.45) is 5.92 Å². The van der Waals surface area contributed by atoms with Crippen LogP contribution in [0.5, 0.6) is 0 Å². The van der Waals surface area contributed by atoms with Gasteiger partial charge in [-0.25, -0.2) is 4.39 Å². The second-order valence-corrected chi connectivity index (χ2v) is 6.90. The predicted molar refractivity (Wildman–Crippen MR) is 86.1 cm³/mol. The Bertz CT molecular complexity index is 581. The van der Waals surface area contributed by atoms with Crippen molar-refractivity contribution in [3.05, 3.63) is 39.5 Å². The average molecular weight is 330 g/mol. The van der Waals surface area contributed by atoms with Gasteiger partial charge in [-0.15, -0.1) is 0 Å². The molecule has 1 amide bonds. The number of nitrogens with zero attached hydrogens (tertiary/aromatic N) is 1. The molecule has 0 radical (unpaired) electrons. The third-order valence-corrected chi connectivity index (χ3v) is 4.40. The molecule has 1 aromatic rings. The minimum atomic E-state index is -0.452. The summed E-state index contributed by atoms with van der Waals surface area (Å²) in [5.74, 6) is -0.325. The number of benzene rings is 1. The van der Waals surface area contributed by atoms with Crippen LogP contribution in [0, 0.1) is 11.7 Å². The molecule has 20 heavy (non-hydrogen) atoms. The van der Waals surface area contributed by atoms with E-state index < -0.39 is 5.82 Å². The van der Waals surface area contributed by atoms with Gasteiger partial charge in [-0.05, 0) is 24.1 Å². The minimum absolute atomic E-state index is 0.187. The Labute approximate surface area is 132 Å². The zero-order valence-corrected chi connectivity index (χ0v) is 13.4. The fourth-order valence-electron chi connectivity index (χ4n) is 1.80. The molecule has 2 nitrogen and oxygen atoms in total. The first kappa shape index (κ1) is 15.5.